The number of nitrogens with zero attached hydrogens (tertiary/aromatic N) is 1. The molecule has 0 saturated heterocycles. The zero-order chi connectivity index (χ0) is 18.4. The molecule has 132 valence electrons. The molecule has 2 aromatic carbocycles. The molecule has 2 N–H and O–H groups in total. The molecule has 3 aromatic rings. The fraction of sp³-hybridized carbons (Fsp3) is 0.100. The summed E-state index contributed by atoms with van der Waals surface area (Å²) in [5.74, 6) is 0.972. The first-order valence-electron chi connectivity index (χ1n) is 8.09. The van der Waals surface area contributed by atoms with Gasteiger partial charge in [-0.2, -0.15) is 5.10 Å². The predicted molar refractivity (Wildman–Crippen MR) is 105 cm³/mol. The van der Waals surface area contributed by atoms with Crippen LogP contribution in [0.4, 0.5) is 5.69 Å². The van der Waals surface area contributed by atoms with E-state index in [-0.39, 0.29) is 12.5 Å². The molecular formula is C20H18ClN3O2. The number of hydrogen-bond acceptors (Lipinski definition) is 4. The molecule has 0 bridgehead atoms. The van der Waals surface area contributed by atoms with Crippen molar-refractivity contribution in [1.82, 2.24) is 5.43 Å². The Labute approximate surface area is 156 Å². The zero-order valence-electron chi connectivity index (χ0n) is 14.2. The minimum absolute atomic E-state index is 0.133. The molecule has 0 aliphatic heterocycles. The zero-order valence-corrected chi connectivity index (χ0v) is 15.0. The maximum absolute atomic E-state index is 11.8. The van der Waals surface area contributed by atoms with E-state index in [1.54, 1.807) is 12.1 Å². The summed E-state index contributed by atoms with van der Waals surface area (Å²) in [6.07, 6.45) is 1.46. The molecule has 1 heterocycles. The third-order valence-electron chi connectivity index (χ3n) is 3.70. The van der Waals surface area contributed by atoms with Crippen molar-refractivity contribution >= 4 is 29.4 Å². The van der Waals surface area contributed by atoms with Gasteiger partial charge in [0.25, 0.3) is 5.91 Å². The molecule has 0 radical (unpaired) electrons. The van der Waals surface area contributed by atoms with Crippen LogP contribution in [0.15, 0.2) is 70.2 Å². The monoisotopic (exact) mass is 367 g/mol. The van der Waals surface area contributed by atoms with Crippen LogP contribution in [0.2, 0.25) is 5.02 Å². The number of benzene rings is 2. The van der Waals surface area contributed by atoms with Crippen molar-refractivity contribution < 1.29 is 9.21 Å². The standard InChI is InChI=1S/C20H18ClN3O2/c1-14-5-2-3-8-18(14)22-13-20(25)24-23-12-17-9-10-19(26-17)15-6-4-7-16(21)11-15/h2-12,22H,13H2,1H3,(H,24,25)/b23-12+. The van der Waals surface area contributed by atoms with Gasteiger partial charge < -0.3 is 9.73 Å². The average Bonchev–Trinajstić information content (AvgIpc) is 3.10. The number of aryl methyl sites for hydroxylation is 1. The Kier molecular flexibility index (Phi) is 5.71. The predicted octanol–water partition coefficient (Wildman–Crippen LogP) is 4.47. The first-order valence-corrected chi connectivity index (χ1v) is 8.47. The fourth-order valence-electron chi connectivity index (χ4n) is 2.37. The highest BCUT2D eigenvalue weighted by Gasteiger charge is 2.05. The van der Waals surface area contributed by atoms with Gasteiger partial charge in [0.05, 0.1) is 12.8 Å². The normalized spacial score (nSPS) is 10.8. The molecule has 26 heavy (non-hydrogen) atoms. The number of carbonyl (C=O) groups excluding carboxylic acids is 1. The van der Waals surface area contributed by atoms with Crippen molar-refractivity contribution in [2.75, 3.05) is 11.9 Å². The third-order valence-corrected chi connectivity index (χ3v) is 3.94. The minimum atomic E-state index is -0.244. The van der Waals surface area contributed by atoms with E-state index in [9.17, 15) is 4.79 Å². The Balaban J connectivity index is 1.52. The number of amides is 1. The van der Waals surface area contributed by atoms with Crippen LogP contribution in [0.1, 0.15) is 11.3 Å². The molecule has 5 nitrogen and oxygen atoms in total. The van der Waals surface area contributed by atoms with E-state index >= 15 is 0 Å². The number of para-hydroxylation sites is 1. The number of carbonyl (C=O) groups is 1. The van der Waals surface area contributed by atoms with Gasteiger partial charge in [-0.15, -0.1) is 0 Å². The Hall–Kier alpha value is -3.05. The van der Waals surface area contributed by atoms with Crippen LogP contribution >= 0.6 is 11.6 Å². The van der Waals surface area contributed by atoms with E-state index < -0.39 is 0 Å². The lowest BCUT2D eigenvalue weighted by Crippen LogP contribution is -2.26. The van der Waals surface area contributed by atoms with Crippen LogP contribution < -0.4 is 10.7 Å². The van der Waals surface area contributed by atoms with Gasteiger partial charge in [0.15, 0.2) is 0 Å². The Morgan fingerprint density at radius 2 is 2.00 bits per heavy atom. The first kappa shape index (κ1) is 17.8. The van der Waals surface area contributed by atoms with E-state index in [0.29, 0.717) is 16.5 Å². The summed E-state index contributed by atoms with van der Waals surface area (Å²) in [7, 11) is 0. The minimum Gasteiger partial charge on any atom is -0.455 e. The highest BCUT2D eigenvalue weighted by molar-refractivity contribution is 6.30. The molecule has 0 fully saturated rings. The number of anilines is 1. The second kappa shape index (κ2) is 8.36. The largest absolute Gasteiger partial charge is 0.455 e. The number of nitrogens with one attached hydrogen (secondary N) is 2. The highest BCUT2D eigenvalue weighted by Crippen LogP contribution is 2.24. The van der Waals surface area contributed by atoms with Crippen molar-refractivity contribution in [3.8, 4) is 11.3 Å². The SMILES string of the molecule is Cc1ccccc1NCC(=O)N/N=C/c1ccc(-c2cccc(Cl)c2)o1. The van der Waals surface area contributed by atoms with E-state index in [4.69, 9.17) is 16.0 Å². The van der Waals surface area contributed by atoms with E-state index in [1.165, 1.54) is 6.21 Å². The van der Waals surface area contributed by atoms with Crippen LogP contribution in [0, 0.1) is 6.92 Å². The molecule has 0 spiro atoms. The van der Waals surface area contributed by atoms with Crippen LogP contribution in [0.5, 0.6) is 0 Å². The number of furan rings is 1. The topological polar surface area (TPSA) is 66.6 Å². The molecule has 3 rings (SSSR count). The van der Waals surface area contributed by atoms with Gasteiger partial charge in [0.2, 0.25) is 0 Å². The van der Waals surface area contributed by atoms with E-state index in [0.717, 1.165) is 16.8 Å². The Morgan fingerprint density at radius 3 is 2.81 bits per heavy atom. The average molecular weight is 368 g/mol. The van der Waals surface area contributed by atoms with Gasteiger partial charge >= 0.3 is 0 Å². The molecule has 0 aliphatic carbocycles. The maximum Gasteiger partial charge on any atom is 0.259 e. The van der Waals surface area contributed by atoms with Gasteiger partial charge in [0.1, 0.15) is 11.5 Å². The lowest BCUT2D eigenvalue weighted by atomic mass is 10.2. The lowest BCUT2D eigenvalue weighted by molar-refractivity contribution is -0.119. The van der Waals surface area contributed by atoms with Gasteiger partial charge in [-0.05, 0) is 42.8 Å². The van der Waals surface area contributed by atoms with Gasteiger partial charge in [0, 0.05) is 16.3 Å². The molecule has 0 saturated carbocycles. The second-order valence-electron chi connectivity index (χ2n) is 5.67. The van der Waals surface area contributed by atoms with Gasteiger partial charge in [-0.3, -0.25) is 4.79 Å². The van der Waals surface area contributed by atoms with Crippen LogP contribution in [0.3, 0.4) is 0 Å². The maximum atomic E-state index is 11.8. The smallest absolute Gasteiger partial charge is 0.259 e. The Morgan fingerprint density at radius 1 is 1.15 bits per heavy atom. The van der Waals surface area contributed by atoms with Crippen molar-refractivity contribution in [3.63, 3.8) is 0 Å². The van der Waals surface area contributed by atoms with Crippen molar-refractivity contribution in [3.05, 3.63) is 77.0 Å². The van der Waals surface area contributed by atoms with E-state index in [2.05, 4.69) is 15.8 Å². The number of halogens is 1. The van der Waals surface area contributed by atoms with Crippen molar-refractivity contribution in [2.45, 2.75) is 6.92 Å². The summed E-state index contributed by atoms with van der Waals surface area (Å²) in [5.41, 5.74) is 5.34. The summed E-state index contributed by atoms with van der Waals surface area (Å²) in [5, 5.41) is 7.63. The second-order valence-corrected chi connectivity index (χ2v) is 6.11. The van der Waals surface area contributed by atoms with Crippen molar-refractivity contribution in [1.29, 1.82) is 0 Å². The number of hydrogen-bond donors (Lipinski definition) is 2. The molecule has 1 amide bonds. The van der Waals surface area contributed by atoms with Crippen molar-refractivity contribution in [2.24, 2.45) is 5.10 Å². The quantitative estimate of drug-likeness (QED) is 0.499. The summed E-state index contributed by atoms with van der Waals surface area (Å²) in [4.78, 5) is 11.8. The molecule has 0 unspecified atom stereocenters. The number of hydrazone groups is 1. The molecule has 0 atom stereocenters. The molecule has 1 aromatic heterocycles. The summed E-state index contributed by atoms with van der Waals surface area (Å²) in [6, 6.07) is 18.8. The highest BCUT2D eigenvalue weighted by atomic mass is 35.5. The van der Waals surface area contributed by atoms with E-state index in [1.807, 2.05) is 55.5 Å². The summed E-state index contributed by atoms with van der Waals surface area (Å²) >= 11 is 5.98. The lowest BCUT2D eigenvalue weighted by Gasteiger charge is -2.07. The van der Waals surface area contributed by atoms with Crippen LogP contribution in [-0.4, -0.2) is 18.7 Å². The first-order chi connectivity index (χ1) is 12.6. The fourth-order valence-corrected chi connectivity index (χ4v) is 2.56. The van der Waals surface area contributed by atoms with Crippen LogP contribution in [0.25, 0.3) is 11.3 Å². The van der Waals surface area contributed by atoms with Gasteiger partial charge in [-0.1, -0.05) is 41.9 Å². The van der Waals surface area contributed by atoms with Crippen LogP contribution in [-0.2, 0) is 4.79 Å². The molecule has 0 aliphatic rings. The third kappa shape index (κ3) is 4.74. The summed E-state index contributed by atoms with van der Waals surface area (Å²) < 4.78 is 5.68. The Bertz CT molecular complexity index is 934. The number of rotatable bonds is 6. The summed E-state index contributed by atoms with van der Waals surface area (Å²) in [6.45, 7) is 2.11. The van der Waals surface area contributed by atoms with Gasteiger partial charge in [-0.25, -0.2) is 5.43 Å². The molecule has 6 heteroatoms. The molecular weight excluding hydrogens is 350 g/mol.